The van der Waals surface area contributed by atoms with Crippen molar-refractivity contribution in [2.24, 2.45) is 7.05 Å². The molecule has 0 saturated carbocycles. The van der Waals surface area contributed by atoms with E-state index in [0.29, 0.717) is 15.7 Å². The van der Waals surface area contributed by atoms with Crippen LogP contribution in [-0.2, 0) is 11.8 Å². The predicted molar refractivity (Wildman–Crippen MR) is 80.9 cm³/mol. The Morgan fingerprint density at radius 1 is 1.38 bits per heavy atom. The topological polar surface area (TPSA) is 72.2 Å². The zero-order valence-electron chi connectivity index (χ0n) is 11.2. The number of ketones is 1. The lowest BCUT2D eigenvalue weighted by Crippen LogP contribution is -2.21. The van der Waals surface area contributed by atoms with E-state index in [2.05, 4.69) is 4.98 Å². The number of rotatable bonds is 6. The molecule has 0 bridgehead atoms. The molecular weight excluding hydrogens is 312 g/mol. The van der Waals surface area contributed by atoms with E-state index in [1.807, 2.05) is 0 Å². The third-order valence-corrected chi connectivity index (χ3v) is 4.33. The summed E-state index contributed by atoms with van der Waals surface area (Å²) >= 11 is 6.94. The lowest BCUT2D eigenvalue weighted by molar-refractivity contribution is -0.136. The zero-order valence-corrected chi connectivity index (χ0v) is 12.8. The average Bonchev–Trinajstić information content (AvgIpc) is 2.83. The van der Waals surface area contributed by atoms with E-state index in [1.54, 1.807) is 48.3 Å². The predicted octanol–water partition coefficient (Wildman–Crippen LogP) is 2.89. The number of benzene rings is 1. The molecule has 0 spiro atoms. The van der Waals surface area contributed by atoms with Gasteiger partial charge < -0.3 is 9.67 Å². The molecule has 1 unspecified atom stereocenters. The van der Waals surface area contributed by atoms with Gasteiger partial charge in [0.1, 0.15) is 0 Å². The molecule has 0 radical (unpaired) electrons. The van der Waals surface area contributed by atoms with Gasteiger partial charge in [-0.1, -0.05) is 23.4 Å². The highest BCUT2D eigenvalue weighted by molar-refractivity contribution is 8.00. The van der Waals surface area contributed by atoms with E-state index in [-0.39, 0.29) is 12.2 Å². The minimum absolute atomic E-state index is 0.248. The molecule has 7 heteroatoms. The SMILES string of the molecule is Cn1ccnc1SC(CC(=O)O)C(=O)c1ccc(Cl)cc1. The quantitative estimate of drug-likeness (QED) is 0.653. The molecule has 21 heavy (non-hydrogen) atoms. The van der Waals surface area contributed by atoms with Crippen LogP contribution in [0, 0.1) is 0 Å². The summed E-state index contributed by atoms with van der Waals surface area (Å²) in [5.74, 6) is -1.27. The Kier molecular flexibility index (Phi) is 5.03. The van der Waals surface area contributed by atoms with Crippen LogP contribution in [0.25, 0.3) is 0 Å². The Balaban J connectivity index is 2.22. The fourth-order valence-electron chi connectivity index (χ4n) is 1.74. The maximum absolute atomic E-state index is 12.5. The van der Waals surface area contributed by atoms with Crippen molar-refractivity contribution in [3.05, 3.63) is 47.2 Å². The van der Waals surface area contributed by atoms with Crippen molar-refractivity contribution in [3.8, 4) is 0 Å². The summed E-state index contributed by atoms with van der Waals surface area (Å²) in [6.45, 7) is 0. The number of aryl methyl sites for hydroxylation is 1. The number of aliphatic carboxylic acids is 1. The van der Waals surface area contributed by atoms with Gasteiger partial charge >= 0.3 is 5.97 Å². The maximum atomic E-state index is 12.5. The van der Waals surface area contributed by atoms with Gasteiger partial charge in [-0.3, -0.25) is 9.59 Å². The van der Waals surface area contributed by atoms with Crippen LogP contribution in [0.5, 0.6) is 0 Å². The van der Waals surface area contributed by atoms with Gasteiger partial charge in [0.15, 0.2) is 10.9 Å². The molecular formula is C14H13ClN2O3S. The summed E-state index contributed by atoms with van der Waals surface area (Å²) in [5, 5.41) is 9.40. The number of thioether (sulfide) groups is 1. The molecule has 0 aliphatic heterocycles. The summed E-state index contributed by atoms with van der Waals surface area (Å²) in [4.78, 5) is 27.6. The number of carboxylic acid groups (broad SMARTS) is 1. The van der Waals surface area contributed by atoms with Crippen molar-refractivity contribution in [1.29, 1.82) is 0 Å². The first-order chi connectivity index (χ1) is 9.97. The second kappa shape index (κ2) is 6.78. The van der Waals surface area contributed by atoms with Crippen LogP contribution in [-0.4, -0.2) is 31.7 Å². The highest BCUT2D eigenvalue weighted by Crippen LogP contribution is 2.27. The Bertz CT molecular complexity index is 654. The van der Waals surface area contributed by atoms with Gasteiger partial charge in [-0.05, 0) is 24.3 Å². The van der Waals surface area contributed by atoms with E-state index in [1.165, 1.54) is 0 Å². The van der Waals surface area contributed by atoms with E-state index in [9.17, 15) is 9.59 Å². The van der Waals surface area contributed by atoms with E-state index in [4.69, 9.17) is 16.7 Å². The number of nitrogens with zero attached hydrogens (tertiary/aromatic N) is 2. The maximum Gasteiger partial charge on any atom is 0.304 e. The van der Waals surface area contributed by atoms with Gasteiger partial charge in [-0.2, -0.15) is 0 Å². The largest absolute Gasteiger partial charge is 0.481 e. The fraction of sp³-hybridized carbons (Fsp3) is 0.214. The minimum atomic E-state index is -1.02. The molecule has 0 saturated heterocycles. The Hall–Kier alpha value is -1.79. The zero-order chi connectivity index (χ0) is 15.4. The molecule has 1 aromatic heterocycles. The molecule has 0 aliphatic carbocycles. The molecule has 2 rings (SSSR count). The van der Waals surface area contributed by atoms with E-state index >= 15 is 0 Å². The summed E-state index contributed by atoms with van der Waals surface area (Å²) in [5.41, 5.74) is 0.437. The van der Waals surface area contributed by atoms with Gasteiger partial charge in [0.25, 0.3) is 0 Å². The molecule has 0 aliphatic rings. The molecule has 1 atom stereocenters. The highest BCUT2D eigenvalue weighted by atomic mass is 35.5. The van der Waals surface area contributed by atoms with Crippen LogP contribution in [0.4, 0.5) is 0 Å². The Morgan fingerprint density at radius 2 is 2.05 bits per heavy atom. The monoisotopic (exact) mass is 324 g/mol. The van der Waals surface area contributed by atoms with Crippen molar-refractivity contribution in [3.63, 3.8) is 0 Å². The number of carbonyl (C=O) groups excluding carboxylic acids is 1. The van der Waals surface area contributed by atoms with Crippen molar-refractivity contribution in [1.82, 2.24) is 9.55 Å². The third-order valence-electron chi connectivity index (χ3n) is 2.81. The Morgan fingerprint density at radius 3 is 2.57 bits per heavy atom. The number of aromatic nitrogens is 2. The van der Waals surface area contributed by atoms with Crippen LogP contribution in [0.3, 0.4) is 0 Å². The summed E-state index contributed by atoms with van der Waals surface area (Å²) in [6.07, 6.45) is 3.08. The highest BCUT2D eigenvalue weighted by Gasteiger charge is 2.25. The molecule has 5 nitrogen and oxygen atoms in total. The van der Waals surface area contributed by atoms with Crippen LogP contribution < -0.4 is 0 Å². The number of halogens is 1. The normalized spacial score (nSPS) is 12.1. The Labute approximate surface area is 130 Å². The van der Waals surface area contributed by atoms with Crippen LogP contribution in [0.2, 0.25) is 5.02 Å². The molecule has 2 aromatic rings. The first kappa shape index (κ1) is 15.6. The fourth-order valence-corrected chi connectivity index (χ4v) is 2.94. The van der Waals surface area contributed by atoms with Crippen molar-refractivity contribution < 1.29 is 14.7 Å². The average molecular weight is 325 g/mol. The third kappa shape index (κ3) is 4.09. The molecule has 1 heterocycles. The second-order valence-electron chi connectivity index (χ2n) is 4.40. The number of hydrogen-bond donors (Lipinski definition) is 1. The lowest BCUT2D eigenvalue weighted by atomic mass is 10.1. The summed E-state index contributed by atoms with van der Waals surface area (Å²) < 4.78 is 1.74. The van der Waals surface area contributed by atoms with Crippen LogP contribution in [0.1, 0.15) is 16.8 Å². The summed E-state index contributed by atoms with van der Waals surface area (Å²) in [7, 11) is 1.79. The summed E-state index contributed by atoms with van der Waals surface area (Å²) in [6, 6.07) is 6.41. The number of carbonyl (C=O) groups is 2. The molecule has 0 fully saturated rings. The van der Waals surface area contributed by atoms with Gasteiger partial charge in [0, 0.05) is 30.0 Å². The van der Waals surface area contributed by atoms with Gasteiger partial charge in [-0.25, -0.2) is 4.98 Å². The van der Waals surface area contributed by atoms with Crippen molar-refractivity contribution in [2.45, 2.75) is 16.8 Å². The molecule has 1 N–H and O–H groups in total. The number of Topliss-reactive ketones (excluding diaryl/α,β-unsaturated/α-hetero) is 1. The first-order valence-corrected chi connectivity index (χ1v) is 7.38. The first-order valence-electron chi connectivity index (χ1n) is 6.13. The van der Waals surface area contributed by atoms with E-state index < -0.39 is 11.2 Å². The van der Waals surface area contributed by atoms with Gasteiger partial charge in [0.05, 0.1) is 11.7 Å². The van der Waals surface area contributed by atoms with E-state index in [0.717, 1.165) is 11.8 Å². The smallest absolute Gasteiger partial charge is 0.304 e. The minimum Gasteiger partial charge on any atom is -0.481 e. The van der Waals surface area contributed by atoms with Gasteiger partial charge in [0.2, 0.25) is 0 Å². The van der Waals surface area contributed by atoms with Crippen molar-refractivity contribution in [2.75, 3.05) is 0 Å². The molecule has 110 valence electrons. The number of hydrogen-bond acceptors (Lipinski definition) is 4. The lowest BCUT2D eigenvalue weighted by Gasteiger charge is -2.13. The number of carboxylic acids is 1. The number of imidazole rings is 1. The van der Waals surface area contributed by atoms with Crippen LogP contribution >= 0.6 is 23.4 Å². The second-order valence-corrected chi connectivity index (χ2v) is 6.00. The molecule has 0 amide bonds. The molecule has 1 aromatic carbocycles. The van der Waals surface area contributed by atoms with Gasteiger partial charge in [-0.15, -0.1) is 0 Å². The van der Waals surface area contributed by atoms with Crippen LogP contribution in [0.15, 0.2) is 41.8 Å². The standard InChI is InChI=1S/C14H13ClN2O3S/c1-17-7-6-16-14(17)21-11(8-12(18)19)13(20)9-2-4-10(15)5-3-9/h2-7,11H,8H2,1H3,(H,18,19). The van der Waals surface area contributed by atoms with Crippen molar-refractivity contribution >= 4 is 35.1 Å².